The van der Waals surface area contributed by atoms with Crippen LogP contribution in [0, 0.1) is 0 Å². The number of halogens is 1. The molecule has 0 bridgehead atoms. The van der Waals surface area contributed by atoms with Gasteiger partial charge in [-0.25, -0.2) is 4.79 Å². The van der Waals surface area contributed by atoms with Crippen LogP contribution in [0.15, 0.2) is 22.7 Å². The molecule has 0 saturated heterocycles. The molecule has 0 amide bonds. The highest BCUT2D eigenvalue weighted by Gasteiger charge is 2.20. The maximum absolute atomic E-state index is 11.8. The summed E-state index contributed by atoms with van der Waals surface area (Å²) in [6, 6.07) is 5.07. The van der Waals surface area contributed by atoms with Gasteiger partial charge in [-0.2, -0.15) is 0 Å². The molecule has 104 valence electrons. The molecule has 1 rings (SSSR count). The van der Waals surface area contributed by atoms with Crippen molar-refractivity contribution in [1.82, 2.24) is 0 Å². The summed E-state index contributed by atoms with van der Waals surface area (Å²) in [6.45, 7) is 5.40. The summed E-state index contributed by atoms with van der Waals surface area (Å²) < 4.78 is 10.7. The van der Waals surface area contributed by atoms with Crippen molar-refractivity contribution in [3.63, 3.8) is 0 Å². The number of methoxy groups -OCH3 is 1. The first-order valence-electron chi connectivity index (χ1n) is 5.81. The number of carbonyl (C=O) groups is 2. The van der Waals surface area contributed by atoms with Crippen LogP contribution in [-0.4, -0.2) is 24.6 Å². The van der Waals surface area contributed by atoms with Crippen molar-refractivity contribution in [3.8, 4) is 0 Å². The summed E-state index contributed by atoms with van der Waals surface area (Å²) in [5, 5.41) is 0. The summed E-state index contributed by atoms with van der Waals surface area (Å²) in [5.74, 6) is -0.846. The second kappa shape index (κ2) is 6.19. The topological polar surface area (TPSA) is 52.6 Å². The summed E-state index contributed by atoms with van der Waals surface area (Å²) in [6.07, 6.45) is 0.0289. The van der Waals surface area contributed by atoms with E-state index in [-0.39, 0.29) is 12.4 Å². The van der Waals surface area contributed by atoms with E-state index in [1.165, 1.54) is 7.11 Å². The fraction of sp³-hybridized carbons (Fsp3) is 0.429. The van der Waals surface area contributed by atoms with Crippen molar-refractivity contribution < 1.29 is 19.1 Å². The monoisotopic (exact) mass is 328 g/mol. The minimum absolute atomic E-state index is 0.0289. The van der Waals surface area contributed by atoms with Crippen molar-refractivity contribution in [2.24, 2.45) is 0 Å². The van der Waals surface area contributed by atoms with Crippen LogP contribution < -0.4 is 0 Å². The summed E-state index contributed by atoms with van der Waals surface area (Å²) >= 11 is 3.31. The van der Waals surface area contributed by atoms with Crippen molar-refractivity contribution in [1.29, 1.82) is 0 Å². The van der Waals surface area contributed by atoms with Gasteiger partial charge in [0.05, 0.1) is 19.1 Å². The molecule has 5 heteroatoms. The number of hydrogen-bond donors (Lipinski definition) is 0. The SMILES string of the molecule is COC(=O)c1ccc(Br)cc1CC(=O)OC(C)(C)C. The molecule has 0 spiro atoms. The average molecular weight is 329 g/mol. The molecule has 1 aromatic carbocycles. The lowest BCUT2D eigenvalue weighted by Gasteiger charge is -2.19. The van der Waals surface area contributed by atoms with Crippen LogP contribution in [0.4, 0.5) is 0 Å². The van der Waals surface area contributed by atoms with Gasteiger partial charge >= 0.3 is 11.9 Å². The van der Waals surface area contributed by atoms with Crippen molar-refractivity contribution in [2.75, 3.05) is 7.11 Å². The van der Waals surface area contributed by atoms with Crippen molar-refractivity contribution in [3.05, 3.63) is 33.8 Å². The van der Waals surface area contributed by atoms with Crippen LogP contribution >= 0.6 is 15.9 Å². The maximum Gasteiger partial charge on any atom is 0.338 e. The van der Waals surface area contributed by atoms with Crippen LogP contribution in [0.1, 0.15) is 36.7 Å². The Balaban J connectivity index is 2.96. The summed E-state index contributed by atoms with van der Waals surface area (Å²) in [4.78, 5) is 23.4. The standard InChI is InChI=1S/C14H17BrO4/c1-14(2,3)19-12(16)8-9-7-10(15)5-6-11(9)13(17)18-4/h5-7H,8H2,1-4H3. The highest BCUT2D eigenvalue weighted by Crippen LogP contribution is 2.19. The van der Waals surface area contributed by atoms with Gasteiger partial charge in [-0.1, -0.05) is 15.9 Å². The fourth-order valence-electron chi connectivity index (χ4n) is 1.55. The molecule has 4 nitrogen and oxygen atoms in total. The molecule has 0 aliphatic heterocycles. The van der Waals surface area contributed by atoms with Crippen LogP contribution in [0.25, 0.3) is 0 Å². The Labute approximate surface area is 121 Å². The molecule has 0 atom stereocenters. The third kappa shape index (κ3) is 5.03. The Hall–Kier alpha value is -1.36. The van der Waals surface area contributed by atoms with Gasteiger partial charge in [0.15, 0.2) is 0 Å². The van der Waals surface area contributed by atoms with E-state index in [4.69, 9.17) is 9.47 Å². The Bertz CT molecular complexity index is 489. The lowest BCUT2D eigenvalue weighted by atomic mass is 10.0. The number of hydrogen-bond acceptors (Lipinski definition) is 4. The zero-order valence-corrected chi connectivity index (χ0v) is 13.0. The minimum atomic E-state index is -0.547. The van der Waals surface area contributed by atoms with Gasteiger partial charge < -0.3 is 9.47 Å². The fourth-order valence-corrected chi connectivity index (χ4v) is 1.96. The molecule has 0 aliphatic carbocycles. The first kappa shape index (κ1) is 15.7. The van der Waals surface area contributed by atoms with Crippen molar-refractivity contribution >= 4 is 27.9 Å². The van der Waals surface area contributed by atoms with E-state index >= 15 is 0 Å². The van der Waals surface area contributed by atoms with E-state index in [9.17, 15) is 9.59 Å². The van der Waals surface area contributed by atoms with E-state index in [0.29, 0.717) is 11.1 Å². The van der Waals surface area contributed by atoms with E-state index in [0.717, 1.165) is 4.47 Å². The number of esters is 2. The Morgan fingerprint density at radius 2 is 1.89 bits per heavy atom. The molecule has 0 heterocycles. The number of benzene rings is 1. The quantitative estimate of drug-likeness (QED) is 0.800. The average Bonchev–Trinajstić information content (AvgIpc) is 2.25. The third-order valence-corrected chi connectivity index (χ3v) is 2.72. The summed E-state index contributed by atoms with van der Waals surface area (Å²) in [7, 11) is 1.31. The molecular weight excluding hydrogens is 312 g/mol. The molecule has 0 aliphatic rings. The Kier molecular flexibility index (Phi) is 5.11. The van der Waals surface area contributed by atoms with Gasteiger partial charge in [-0.05, 0) is 44.5 Å². The first-order chi connectivity index (χ1) is 8.73. The van der Waals surface area contributed by atoms with Crippen molar-refractivity contribution in [2.45, 2.75) is 32.8 Å². The van der Waals surface area contributed by atoms with Gasteiger partial charge in [-0.3, -0.25) is 4.79 Å². The maximum atomic E-state index is 11.8. The minimum Gasteiger partial charge on any atom is -0.465 e. The smallest absolute Gasteiger partial charge is 0.338 e. The van der Waals surface area contributed by atoms with Crippen LogP contribution in [0.2, 0.25) is 0 Å². The second-order valence-electron chi connectivity index (χ2n) is 5.06. The molecule has 1 aromatic rings. The van der Waals surface area contributed by atoms with Crippen LogP contribution in [0.3, 0.4) is 0 Å². The zero-order valence-electron chi connectivity index (χ0n) is 11.5. The Morgan fingerprint density at radius 3 is 2.42 bits per heavy atom. The molecular formula is C14H17BrO4. The normalized spacial score (nSPS) is 11.0. The van der Waals surface area contributed by atoms with Gasteiger partial charge in [0.25, 0.3) is 0 Å². The lowest BCUT2D eigenvalue weighted by Crippen LogP contribution is -2.25. The molecule has 0 aromatic heterocycles. The lowest BCUT2D eigenvalue weighted by molar-refractivity contribution is -0.153. The van der Waals surface area contributed by atoms with Gasteiger partial charge in [0, 0.05) is 4.47 Å². The molecule has 0 N–H and O–H groups in total. The van der Waals surface area contributed by atoms with Gasteiger partial charge in [0.1, 0.15) is 5.60 Å². The van der Waals surface area contributed by atoms with E-state index in [1.807, 2.05) is 0 Å². The van der Waals surface area contributed by atoms with Gasteiger partial charge in [0.2, 0.25) is 0 Å². The molecule has 19 heavy (non-hydrogen) atoms. The zero-order chi connectivity index (χ0) is 14.6. The molecule has 0 radical (unpaired) electrons. The van der Waals surface area contributed by atoms with Gasteiger partial charge in [-0.15, -0.1) is 0 Å². The third-order valence-electron chi connectivity index (χ3n) is 2.23. The number of rotatable bonds is 3. The summed E-state index contributed by atoms with van der Waals surface area (Å²) in [5.41, 5.74) is 0.404. The first-order valence-corrected chi connectivity index (χ1v) is 6.61. The van der Waals surface area contributed by atoms with E-state index in [1.54, 1.807) is 39.0 Å². The highest BCUT2D eigenvalue weighted by molar-refractivity contribution is 9.10. The largest absolute Gasteiger partial charge is 0.465 e. The van der Waals surface area contributed by atoms with E-state index < -0.39 is 11.6 Å². The Morgan fingerprint density at radius 1 is 1.26 bits per heavy atom. The number of ether oxygens (including phenoxy) is 2. The van der Waals surface area contributed by atoms with Crippen LogP contribution in [0.5, 0.6) is 0 Å². The molecule has 0 fully saturated rings. The highest BCUT2D eigenvalue weighted by atomic mass is 79.9. The molecule has 0 saturated carbocycles. The predicted octanol–water partition coefficient (Wildman–Crippen LogP) is 3.12. The van der Waals surface area contributed by atoms with Crippen LogP contribution in [-0.2, 0) is 20.7 Å². The molecule has 0 unspecified atom stereocenters. The van der Waals surface area contributed by atoms with E-state index in [2.05, 4.69) is 15.9 Å². The predicted molar refractivity (Wildman–Crippen MR) is 75.0 cm³/mol. The number of carbonyl (C=O) groups excluding carboxylic acids is 2. The second-order valence-corrected chi connectivity index (χ2v) is 5.97.